The molecule has 0 fully saturated rings. The topological polar surface area (TPSA) is 47.6 Å². The fraction of sp³-hybridized carbons (Fsp3) is 0.588. The van der Waals surface area contributed by atoms with Crippen molar-refractivity contribution >= 4 is 5.91 Å². The van der Waals surface area contributed by atoms with E-state index in [2.05, 4.69) is 19.2 Å². The lowest BCUT2D eigenvalue weighted by atomic mass is 10.1. The van der Waals surface area contributed by atoms with Crippen LogP contribution in [-0.4, -0.2) is 25.2 Å². The average molecular weight is 293 g/mol. The summed E-state index contributed by atoms with van der Waals surface area (Å²) in [6.45, 7) is 11.8. The number of amides is 1. The van der Waals surface area contributed by atoms with Crippen LogP contribution in [0.25, 0.3) is 0 Å². The third-order valence-electron chi connectivity index (χ3n) is 2.87. The lowest BCUT2D eigenvalue weighted by Crippen LogP contribution is -2.27. The van der Waals surface area contributed by atoms with Gasteiger partial charge in [0, 0.05) is 17.7 Å². The highest BCUT2D eigenvalue weighted by Crippen LogP contribution is 2.22. The maximum absolute atomic E-state index is 12.1. The molecule has 4 nitrogen and oxygen atoms in total. The van der Waals surface area contributed by atoms with Gasteiger partial charge in [-0.2, -0.15) is 0 Å². The Kier molecular flexibility index (Phi) is 7.23. The van der Waals surface area contributed by atoms with Crippen molar-refractivity contribution in [1.82, 2.24) is 5.32 Å². The van der Waals surface area contributed by atoms with E-state index in [4.69, 9.17) is 9.47 Å². The van der Waals surface area contributed by atoms with Crippen molar-refractivity contribution in [2.24, 2.45) is 5.92 Å². The van der Waals surface area contributed by atoms with Gasteiger partial charge in [0.2, 0.25) is 0 Å². The van der Waals surface area contributed by atoms with Crippen molar-refractivity contribution in [3.63, 3.8) is 0 Å². The van der Waals surface area contributed by atoms with Crippen molar-refractivity contribution in [2.45, 2.75) is 47.3 Å². The molecule has 1 aromatic carbocycles. The fourth-order valence-electron chi connectivity index (χ4n) is 1.79. The molecule has 0 bridgehead atoms. The number of benzene rings is 1. The molecule has 0 saturated heterocycles. The van der Waals surface area contributed by atoms with Crippen LogP contribution in [0.3, 0.4) is 0 Å². The molecule has 0 unspecified atom stereocenters. The van der Waals surface area contributed by atoms with Gasteiger partial charge in [0.1, 0.15) is 5.75 Å². The molecule has 0 aliphatic heterocycles. The van der Waals surface area contributed by atoms with E-state index in [-0.39, 0.29) is 12.0 Å². The SMILES string of the molecule is CCOc1ccc(C(=O)NCC(C)C)cc1COC(C)C. The summed E-state index contributed by atoms with van der Waals surface area (Å²) in [6.07, 6.45) is 0.137. The van der Waals surface area contributed by atoms with Crippen molar-refractivity contribution in [1.29, 1.82) is 0 Å². The first kappa shape index (κ1) is 17.5. The fourth-order valence-corrected chi connectivity index (χ4v) is 1.79. The van der Waals surface area contributed by atoms with Crippen LogP contribution in [0.4, 0.5) is 0 Å². The van der Waals surface area contributed by atoms with Crippen molar-refractivity contribution in [3.8, 4) is 5.75 Å². The van der Waals surface area contributed by atoms with E-state index in [0.29, 0.717) is 31.2 Å². The van der Waals surface area contributed by atoms with Gasteiger partial charge in [-0.15, -0.1) is 0 Å². The van der Waals surface area contributed by atoms with Crippen LogP contribution in [-0.2, 0) is 11.3 Å². The van der Waals surface area contributed by atoms with Gasteiger partial charge >= 0.3 is 0 Å². The molecule has 21 heavy (non-hydrogen) atoms. The highest BCUT2D eigenvalue weighted by atomic mass is 16.5. The zero-order chi connectivity index (χ0) is 15.8. The molecule has 118 valence electrons. The highest BCUT2D eigenvalue weighted by Gasteiger charge is 2.11. The van der Waals surface area contributed by atoms with Gasteiger partial charge < -0.3 is 14.8 Å². The van der Waals surface area contributed by atoms with Crippen LogP contribution in [0, 0.1) is 5.92 Å². The largest absolute Gasteiger partial charge is 0.494 e. The molecule has 0 radical (unpaired) electrons. The molecule has 0 aliphatic carbocycles. The molecule has 4 heteroatoms. The molecule has 0 aliphatic rings. The molecule has 1 aromatic rings. The van der Waals surface area contributed by atoms with Gasteiger partial charge in [0.15, 0.2) is 0 Å². The average Bonchev–Trinajstić information content (AvgIpc) is 2.43. The molecule has 1 amide bonds. The smallest absolute Gasteiger partial charge is 0.251 e. The molecular weight excluding hydrogens is 266 g/mol. The minimum absolute atomic E-state index is 0.0578. The van der Waals surface area contributed by atoms with Gasteiger partial charge in [0.25, 0.3) is 5.91 Å². The van der Waals surface area contributed by atoms with Gasteiger partial charge in [-0.25, -0.2) is 0 Å². The Hall–Kier alpha value is -1.55. The molecule has 1 N–H and O–H groups in total. The predicted octanol–water partition coefficient (Wildman–Crippen LogP) is 3.40. The Morgan fingerprint density at radius 3 is 2.52 bits per heavy atom. The van der Waals surface area contributed by atoms with Crippen LogP contribution in [0.15, 0.2) is 18.2 Å². The zero-order valence-electron chi connectivity index (χ0n) is 13.7. The first-order valence-corrected chi connectivity index (χ1v) is 7.59. The molecule has 0 saturated carbocycles. The summed E-state index contributed by atoms with van der Waals surface area (Å²) in [5, 5.41) is 2.92. The molecular formula is C17H27NO3. The Morgan fingerprint density at radius 2 is 1.95 bits per heavy atom. The second-order valence-electron chi connectivity index (χ2n) is 5.72. The Morgan fingerprint density at radius 1 is 1.24 bits per heavy atom. The lowest BCUT2D eigenvalue weighted by molar-refractivity contribution is 0.0641. The molecule has 1 rings (SSSR count). The van der Waals surface area contributed by atoms with Crippen LogP contribution >= 0.6 is 0 Å². The predicted molar refractivity (Wildman–Crippen MR) is 84.7 cm³/mol. The zero-order valence-corrected chi connectivity index (χ0v) is 13.7. The lowest BCUT2D eigenvalue weighted by Gasteiger charge is -2.14. The summed E-state index contributed by atoms with van der Waals surface area (Å²) >= 11 is 0. The van der Waals surface area contributed by atoms with E-state index in [1.165, 1.54) is 0 Å². The second kappa shape index (κ2) is 8.67. The van der Waals surface area contributed by atoms with E-state index >= 15 is 0 Å². The summed E-state index contributed by atoms with van der Waals surface area (Å²) in [4.78, 5) is 12.1. The number of carbonyl (C=O) groups is 1. The number of hydrogen-bond acceptors (Lipinski definition) is 3. The maximum atomic E-state index is 12.1. The standard InChI is InChI=1S/C17H27NO3/c1-6-20-16-8-7-14(17(19)18-10-12(2)3)9-15(16)11-21-13(4)5/h7-9,12-13H,6,10-11H2,1-5H3,(H,18,19). The molecule has 0 spiro atoms. The normalized spacial score (nSPS) is 11.0. The monoisotopic (exact) mass is 293 g/mol. The van der Waals surface area contributed by atoms with Crippen LogP contribution in [0.1, 0.15) is 50.5 Å². The van der Waals surface area contributed by atoms with Crippen LogP contribution in [0.5, 0.6) is 5.75 Å². The van der Waals surface area contributed by atoms with E-state index in [0.717, 1.165) is 11.3 Å². The Bertz CT molecular complexity index is 455. The van der Waals surface area contributed by atoms with Crippen LogP contribution < -0.4 is 10.1 Å². The Labute approximate surface area is 127 Å². The first-order valence-electron chi connectivity index (χ1n) is 7.59. The molecule has 0 aromatic heterocycles. The number of hydrogen-bond donors (Lipinski definition) is 1. The number of rotatable bonds is 8. The molecule has 0 atom stereocenters. The van der Waals surface area contributed by atoms with Gasteiger partial charge in [-0.1, -0.05) is 13.8 Å². The minimum Gasteiger partial charge on any atom is -0.494 e. The van der Waals surface area contributed by atoms with Crippen LogP contribution in [0.2, 0.25) is 0 Å². The summed E-state index contributed by atoms with van der Waals surface area (Å²) in [7, 11) is 0. The summed E-state index contributed by atoms with van der Waals surface area (Å²) < 4.78 is 11.2. The van der Waals surface area contributed by atoms with Crippen molar-refractivity contribution in [3.05, 3.63) is 29.3 Å². The number of ether oxygens (including phenoxy) is 2. The summed E-state index contributed by atoms with van der Waals surface area (Å²) in [6, 6.07) is 5.48. The van der Waals surface area contributed by atoms with E-state index in [9.17, 15) is 4.79 Å². The first-order chi connectivity index (χ1) is 9.93. The van der Waals surface area contributed by atoms with Gasteiger partial charge in [0.05, 0.1) is 19.3 Å². The van der Waals surface area contributed by atoms with E-state index in [1.54, 1.807) is 6.07 Å². The van der Waals surface area contributed by atoms with Gasteiger partial charge in [-0.05, 0) is 44.9 Å². The van der Waals surface area contributed by atoms with E-state index < -0.39 is 0 Å². The van der Waals surface area contributed by atoms with Gasteiger partial charge in [-0.3, -0.25) is 4.79 Å². The van der Waals surface area contributed by atoms with Crippen molar-refractivity contribution in [2.75, 3.05) is 13.2 Å². The van der Waals surface area contributed by atoms with E-state index in [1.807, 2.05) is 32.9 Å². The molecule has 0 heterocycles. The summed E-state index contributed by atoms with van der Waals surface area (Å²) in [5.74, 6) is 1.15. The minimum atomic E-state index is -0.0578. The second-order valence-corrected chi connectivity index (χ2v) is 5.72. The number of carbonyl (C=O) groups excluding carboxylic acids is 1. The third kappa shape index (κ3) is 6.17. The quantitative estimate of drug-likeness (QED) is 0.799. The summed E-state index contributed by atoms with van der Waals surface area (Å²) in [5.41, 5.74) is 1.55. The van der Waals surface area contributed by atoms with Crippen molar-refractivity contribution < 1.29 is 14.3 Å². The maximum Gasteiger partial charge on any atom is 0.251 e. The Balaban J connectivity index is 2.86. The highest BCUT2D eigenvalue weighted by molar-refractivity contribution is 5.94. The third-order valence-corrected chi connectivity index (χ3v) is 2.87. The number of nitrogens with one attached hydrogen (secondary N) is 1.